The van der Waals surface area contributed by atoms with Gasteiger partial charge in [-0.15, -0.1) is 0 Å². The van der Waals surface area contributed by atoms with Gasteiger partial charge >= 0.3 is 0 Å². The summed E-state index contributed by atoms with van der Waals surface area (Å²) in [6.07, 6.45) is 38.8. The summed E-state index contributed by atoms with van der Waals surface area (Å²) in [4.78, 5) is 13.4. The fraction of sp³-hybridized carbons (Fsp3) is 0.932. The van der Waals surface area contributed by atoms with Crippen molar-refractivity contribution < 1.29 is 89.4 Å². The molecular formula is C74H139NO18. The third-order valence-electron chi connectivity index (χ3n) is 19.3. The van der Waals surface area contributed by atoms with Crippen LogP contribution in [0.2, 0.25) is 0 Å². The maximum atomic E-state index is 13.4. The first-order chi connectivity index (χ1) is 45.3. The number of amides is 1. The Bertz CT molecular complexity index is 1780. The van der Waals surface area contributed by atoms with Crippen molar-refractivity contribution in [2.24, 2.45) is 0 Å². The van der Waals surface area contributed by atoms with Crippen LogP contribution in [0.1, 0.15) is 309 Å². The first-order valence-corrected chi connectivity index (χ1v) is 38.1. The van der Waals surface area contributed by atoms with Gasteiger partial charge in [-0.25, -0.2) is 0 Å². The maximum Gasteiger partial charge on any atom is 0.220 e. The Labute approximate surface area is 562 Å². The van der Waals surface area contributed by atoms with Crippen LogP contribution < -0.4 is 5.32 Å². The SMILES string of the molecule is CCCCCCCCCCCCCCCCC/C=C/CC/C=C/C(O)C(COC1OC(CO)C(OC2OC(CO)C(OC3OC(CO)C(O)C(O)C3O)C(O)C2O)C(O)C1O)NC(=O)CCCCCCCCCCCCCCCCCCCCCCCCCCCCC. The van der Waals surface area contributed by atoms with E-state index in [0.717, 1.165) is 38.5 Å². The van der Waals surface area contributed by atoms with E-state index in [9.17, 15) is 61.0 Å². The number of nitrogens with one attached hydrogen (secondary N) is 1. The molecule has 0 aromatic heterocycles. The first-order valence-electron chi connectivity index (χ1n) is 38.1. The number of carbonyl (C=O) groups is 1. The molecule has 3 heterocycles. The Kier molecular flexibility index (Phi) is 51.5. The number of aliphatic hydroxyl groups is 11. The molecule has 19 heteroatoms. The minimum absolute atomic E-state index is 0.241. The lowest BCUT2D eigenvalue weighted by molar-refractivity contribution is -0.379. The van der Waals surface area contributed by atoms with Gasteiger partial charge in [-0.3, -0.25) is 4.79 Å². The summed E-state index contributed by atoms with van der Waals surface area (Å²) in [6.45, 7) is 1.77. The van der Waals surface area contributed by atoms with Crippen LogP contribution in [0.3, 0.4) is 0 Å². The topological polar surface area (TPSA) is 307 Å². The molecule has 0 saturated carbocycles. The van der Waals surface area contributed by atoms with E-state index in [2.05, 4.69) is 31.3 Å². The van der Waals surface area contributed by atoms with Crippen LogP contribution in [-0.2, 0) is 33.2 Å². The summed E-state index contributed by atoms with van der Waals surface area (Å²) in [5.41, 5.74) is 0. The lowest BCUT2D eigenvalue weighted by Crippen LogP contribution is -2.66. The molecule has 0 aromatic carbocycles. The Morgan fingerprint density at radius 2 is 0.688 bits per heavy atom. The zero-order valence-electron chi connectivity index (χ0n) is 58.3. The molecule has 17 atom stereocenters. The fourth-order valence-corrected chi connectivity index (χ4v) is 13.1. The maximum absolute atomic E-state index is 13.4. The van der Waals surface area contributed by atoms with E-state index in [0.29, 0.717) is 12.8 Å². The van der Waals surface area contributed by atoms with Crippen LogP contribution in [-0.4, -0.2) is 193 Å². The largest absolute Gasteiger partial charge is 0.394 e. The molecule has 0 spiro atoms. The van der Waals surface area contributed by atoms with Gasteiger partial charge in [0.05, 0.1) is 38.6 Å². The highest BCUT2D eigenvalue weighted by Gasteiger charge is 2.53. The molecule has 1 amide bonds. The average Bonchev–Trinajstić information content (AvgIpc) is 0.998. The lowest BCUT2D eigenvalue weighted by Gasteiger charge is -2.48. The van der Waals surface area contributed by atoms with E-state index >= 15 is 0 Å². The van der Waals surface area contributed by atoms with Crippen LogP contribution in [0.4, 0.5) is 0 Å². The number of hydrogen-bond acceptors (Lipinski definition) is 18. The molecule has 12 N–H and O–H groups in total. The normalized spacial score (nSPS) is 27.6. The molecule has 548 valence electrons. The van der Waals surface area contributed by atoms with Gasteiger partial charge in [0.25, 0.3) is 0 Å². The number of carbonyl (C=O) groups excluding carboxylic acids is 1. The third kappa shape index (κ3) is 37.3. The molecule has 3 saturated heterocycles. The number of allylic oxidation sites excluding steroid dienone is 3. The van der Waals surface area contributed by atoms with Crippen LogP contribution >= 0.6 is 0 Å². The van der Waals surface area contributed by atoms with E-state index in [1.165, 1.54) is 238 Å². The van der Waals surface area contributed by atoms with Crippen molar-refractivity contribution in [2.45, 2.75) is 413 Å². The zero-order valence-corrected chi connectivity index (χ0v) is 58.3. The van der Waals surface area contributed by atoms with Gasteiger partial charge in [0.15, 0.2) is 18.9 Å². The van der Waals surface area contributed by atoms with Crippen LogP contribution in [0.15, 0.2) is 24.3 Å². The van der Waals surface area contributed by atoms with Crippen molar-refractivity contribution in [1.29, 1.82) is 0 Å². The van der Waals surface area contributed by atoms with Gasteiger partial charge in [0.2, 0.25) is 5.91 Å². The van der Waals surface area contributed by atoms with E-state index in [1.807, 2.05) is 6.08 Å². The van der Waals surface area contributed by atoms with Gasteiger partial charge in [0, 0.05) is 6.42 Å². The number of unbranched alkanes of at least 4 members (excludes halogenated alkanes) is 42. The third-order valence-corrected chi connectivity index (χ3v) is 19.3. The Morgan fingerprint density at radius 3 is 1.08 bits per heavy atom. The molecule has 3 rings (SSSR count). The van der Waals surface area contributed by atoms with Crippen LogP contribution in [0, 0.1) is 0 Å². The number of ether oxygens (including phenoxy) is 6. The van der Waals surface area contributed by atoms with Crippen LogP contribution in [0.5, 0.6) is 0 Å². The highest BCUT2D eigenvalue weighted by molar-refractivity contribution is 5.76. The molecule has 0 bridgehead atoms. The van der Waals surface area contributed by atoms with Crippen molar-refractivity contribution in [3.8, 4) is 0 Å². The highest BCUT2D eigenvalue weighted by atomic mass is 16.8. The average molecular weight is 1330 g/mol. The number of hydrogen-bond donors (Lipinski definition) is 12. The monoisotopic (exact) mass is 1330 g/mol. The zero-order chi connectivity index (χ0) is 67.5. The summed E-state index contributed by atoms with van der Waals surface area (Å²) < 4.78 is 34.4. The molecule has 19 nitrogen and oxygen atoms in total. The molecule has 3 aliphatic heterocycles. The Morgan fingerprint density at radius 1 is 0.376 bits per heavy atom. The van der Waals surface area contributed by atoms with Crippen molar-refractivity contribution in [1.82, 2.24) is 5.32 Å². The second-order valence-corrected chi connectivity index (χ2v) is 27.5. The molecule has 0 radical (unpaired) electrons. The van der Waals surface area contributed by atoms with Crippen molar-refractivity contribution in [2.75, 3.05) is 26.4 Å². The molecule has 3 fully saturated rings. The van der Waals surface area contributed by atoms with Crippen LogP contribution in [0.25, 0.3) is 0 Å². The second kappa shape index (κ2) is 56.1. The lowest BCUT2D eigenvalue weighted by atomic mass is 9.96. The van der Waals surface area contributed by atoms with Crippen molar-refractivity contribution in [3.63, 3.8) is 0 Å². The molecule has 93 heavy (non-hydrogen) atoms. The summed E-state index contributed by atoms with van der Waals surface area (Å²) in [5, 5.41) is 121. The standard InChI is InChI=1S/C74H139NO18/c1-3-5-7-9-11-13-15-17-19-21-23-25-26-27-28-29-30-32-34-36-38-40-42-44-46-48-50-52-62(80)75-57(58(79)51-49-47-45-43-41-39-37-35-33-31-24-22-20-18-16-14-12-10-8-6-4-2)56-88-72-68(86)65(83)70(60(54-77)90-72)93-74-69(87)66(84)71(61(55-78)91-74)92-73-67(85)64(82)63(81)59(53-76)89-73/h41,43,49,51,57-61,63-74,76-79,81-87H,3-40,42,44-48,50,52-56H2,1-2H3,(H,75,80)/b43-41+,51-49+. The van der Waals surface area contributed by atoms with Gasteiger partial charge in [-0.1, -0.05) is 295 Å². The predicted molar refractivity (Wildman–Crippen MR) is 365 cm³/mol. The second-order valence-electron chi connectivity index (χ2n) is 27.5. The highest BCUT2D eigenvalue weighted by Crippen LogP contribution is 2.33. The predicted octanol–water partition coefficient (Wildman–Crippen LogP) is 11.4. The first kappa shape index (κ1) is 85.5. The fourth-order valence-electron chi connectivity index (χ4n) is 13.1. The Hall–Kier alpha value is -1.73. The number of rotatable bonds is 60. The summed E-state index contributed by atoms with van der Waals surface area (Å²) in [5.74, 6) is -0.278. The van der Waals surface area contributed by atoms with Crippen molar-refractivity contribution >= 4 is 5.91 Å². The van der Waals surface area contributed by atoms with E-state index in [-0.39, 0.29) is 18.9 Å². The minimum atomic E-state index is -1.98. The molecule has 3 aliphatic rings. The minimum Gasteiger partial charge on any atom is -0.394 e. The van der Waals surface area contributed by atoms with Gasteiger partial charge in [-0.05, 0) is 32.1 Å². The summed E-state index contributed by atoms with van der Waals surface area (Å²) in [7, 11) is 0. The summed E-state index contributed by atoms with van der Waals surface area (Å²) in [6, 6.07) is -0.987. The molecular weight excluding hydrogens is 1190 g/mol. The van der Waals surface area contributed by atoms with E-state index in [1.54, 1.807) is 6.08 Å². The Balaban J connectivity index is 1.40. The van der Waals surface area contributed by atoms with Crippen molar-refractivity contribution in [3.05, 3.63) is 24.3 Å². The molecule has 0 aromatic rings. The quantitative estimate of drug-likeness (QED) is 0.0199. The van der Waals surface area contributed by atoms with E-state index < -0.39 is 124 Å². The van der Waals surface area contributed by atoms with E-state index in [4.69, 9.17) is 28.4 Å². The van der Waals surface area contributed by atoms with Gasteiger partial charge in [-0.2, -0.15) is 0 Å². The van der Waals surface area contributed by atoms with Gasteiger partial charge < -0.3 is 89.9 Å². The molecule has 0 aliphatic carbocycles. The molecule has 17 unspecified atom stereocenters. The number of aliphatic hydroxyl groups excluding tert-OH is 11. The summed E-state index contributed by atoms with van der Waals surface area (Å²) >= 11 is 0. The smallest absolute Gasteiger partial charge is 0.220 e. The van der Waals surface area contributed by atoms with Gasteiger partial charge in [0.1, 0.15) is 73.2 Å².